The van der Waals surface area contributed by atoms with Gasteiger partial charge in [-0.05, 0) is 75.7 Å². The van der Waals surface area contributed by atoms with Gasteiger partial charge in [0, 0.05) is 34.3 Å². The summed E-state index contributed by atoms with van der Waals surface area (Å²) in [7, 11) is 0. The first-order valence-corrected chi connectivity index (χ1v) is 13.1. The van der Waals surface area contributed by atoms with E-state index in [1.807, 2.05) is 24.5 Å². The molecule has 2 aromatic heterocycles. The zero-order valence-electron chi connectivity index (χ0n) is 21.3. The first kappa shape index (κ1) is 21.3. The highest BCUT2D eigenvalue weighted by Crippen LogP contribution is 2.57. The largest absolute Gasteiger partial charge is 0.294 e. The number of hydrogen-bond donors (Lipinski definition) is 0. The highest BCUT2D eigenvalue weighted by molar-refractivity contribution is 6.17. The van der Waals surface area contributed by atoms with Crippen molar-refractivity contribution < 1.29 is 0 Å². The summed E-state index contributed by atoms with van der Waals surface area (Å²) in [5.41, 5.74) is 12.3. The van der Waals surface area contributed by atoms with E-state index in [0.29, 0.717) is 0 Å². The number of hydrogen-bond acceptors (Lipinski definition) is 3. The molecule has 3 nitrogen and oxygen atoms in total. The van der Waals surface area contributed by atoms with Gasteiger partial charge in [0.05, 0.1) is 17.1 Å². The SMILES string of the molecule is CC1(C)c2ccccc2-c2cc3c(cc21)N(c1ccccn1)c1ccc(-c2ccccn2)c2cccc-3c12. The van der Waals surface area contributed by atoms with Gasteiger partial charge in [-0.2, -0.15) is 0 Å². The van der Waals surface area contributed by atoms with Crippen LogP contribution in [0, 0.1) is 0 Å². The fourth-order valence-corrected chi connectivity index (χ4v) is 6.54. The molecule has 0 atom stereocenters. The van der Waals surface area contributed by atoms with Crippen LogP contribution < -0.4 is 4.90 Å². The Morgan fingerprint density at radius 1 is 0.553 bits per heavy atom. The van der Waals surface area contributed by atoms with Gasteiger partial charge in [0.25, 0.3) is 0 Å². The summed E-state index contributed by atoms with van der Waals surface area (Å²) in [6, 6.07) is 37.0. The number of fused-ring (bicyclic) bond motifs is 5. The molecule has 180 valence electrons. The summed E-state index contributed by atoms with van der Waals surface area (Å²) in [6.07, 6.45) is 3.74. The van der Waals surface area contributed by atoms with Gasteiger partial charge in [-0.3, -0.25) is 9.88 Å². The van der Waals surface area contributed by atoms with Crippen LogP contribution in [0.5, 0.6) is 0 Å². The third-order valence-electron chi connectivity index (χ3n) is 8.31. The summed E-state index contributed by atoms with van der Waals surface area (Å²) in [5.74, 6) is 0.920. The minimum Gasteiger partial charge on any atom is -0.294 e. The molecule has 2 aliphatic rings. The van der Waals surface area contributed by atoms with E-state index in [4.69, 9.17) is 4.98 Å². The third-order valence-corrected chi connectivity index (χ3v) is 8.31. The maximum Gasteiger partial charge on any atom is 0.137 e. The highest BCUT2D eigenvalue weighted by Gasteiger charge is 2.38. The Bertz CT molecular complexity index is 1890. The second-order valence-electron chi connectivity index (χ2n) is 10.7. The average Bonchev–Trinajstić information content (AvgIpc) is 3.19. The Kier molecular flexibility index (Phi) is 4.28. The minimum absolute atomic E-state index is 0.0775. The number of benzene rings is 4. The summed E-state index contributed by atoms with van der Waals surface area (Å²) in [4.78, 5) is 11.9. The lowest BCUT2D eigenvalue weighted by molar-refractivity contribution is 0.660. The predicted octanol–water partition coefficient (Wildman–Crippen LogP) is 9.05. The summed E-state index contributed by atoms with van der Waals surface area (Å²) in [5, 5.41) is 2.44. The van der Waals surface area contributed by atoms with Crippen molar-refractivity contribution in [3.8, 4) is 33.5 Å². The van der Waals surface area contributed by atoms with Crippen molar-refractivity contribution >= 4 is 28.0 Å². The summed E-state index contributed by atoms with van der Waals surface area (Å²) >= 11 is 0. The molecule has 0 saturated carbocycles. The van der Waals surface area contributed by atoms with Crippen LogP contribution >= 0.6 is 0 Å². The molecule has 8 rings (SSSR count). The first-order chi connectivity index (χ1) is 18.6. The van der Waals surface area contributed by atoms with Crippen molar-refractivity contribution in [1.29, 1.82) is 0 Å². The van der Waals surface area contributed by atoms with Crippen LogP contribution in [0.1, 0.15) is 25.0 Å². The quantitative estimate of drug-likeness (QED) is 0.244. The fraction of sp³-hybridized carbons (Fsp3) is 0.0857. The van der Waals surface area contributed by atoms with E-state index in [0.717, 1.165) is 22.8 Å². The molecular weight excluding hydrogens is 462 g/mol. The standard InChI is InChI=1S/C35H25N3/c1-35(2)28-13-4-3-10-22(28)26-20-27-25-12-9-11-24-23(30-14-5-7-18-36-30)16-17-31(34(24)25)38(32(27)21-29(26)35)33-15-6-8-19-37-33/h3-21H,1-2H3. The topological polar surface area (TPSA) is 29.0 Å². The number of aromatic nitrogens is 2. The fourth-order valence-electron chi connectivity index (χ4n) is 6.54. The molecule has 0 amide bonds. The maximum atomic E-state index is 4.82. The van der Waals surface area contributed by atoms with Gasteiger partial charge in [0.2, 0.25) is 0 Å². The minimum atomic E-state index is -0.0775. The molecule has 38 heavy (non-hydrogen) atoms. The molecule has 3 heteroatoms. The molecule has 0 unspecified atom stereocenters. The van der Waals surface area contributed by atoms with Crippen LogP contribution in [-0.2, 0) is 5.41 Å². The monoisotopic (exact) mass is 487 g/mol. The second-order valence-corrected chi connectivity index (χ2v) is 10.7. The smallest absolute Gasteiger partial charge is 0.137 e. The van der Waals surface area contributed by atoms with Gasteiger partial charge in [0.15, 0.2) is 0 Å². The summed E-state index contributed by atoms with van der Waals surface area (Å²) in [6.45, 7) is 4.68. The van der Waals surface area contributed by atoms with Crippen molar-refractivity contribution in [2.24, 2.45) is 0 Å². The lowest BCUT2D eigenvalue weighted by Crippen LogP contribution is -2.19. The first-order valence-electron chi connectivity index (χ1n) is 13.1. The molecule has 1 aliphatic heterocycles. The molecule has 1 aliphatic carbocycles. The molecule has 3 heterocycles. The van der Waals surface area contributed by atoms with Crippen LogP contribution in [0.25, 0.3) is 44.3 Å². The van der Waals surface area contributed by atoms with Gasteiger partial charge in [-0.15, -0.1) is 0 Å². The predicted molar refractivity (Wildman–Crippen MR) is 156 cm³/mol. The molecule has 0 spiro atoms. The van der Waals surface area contributed by atoms with Crippen LogP contribution in [-0.4, -0.2) is 9.97 Å². The molecule has 6 aromatic rings. The normalized spacial score (nSPS) is 14.2. The lowest BCUT2D eigenvalue weighted by atomic mass is 9.80. The van der Waals surface area contributed by atoms with E-state index in [-0.39, 0.29) is 5.41 Å². The second kappa shape index (κ2) is 7.62. The van der Waals surface area contributed by atoms with Crippen molar-refractivity contribution in [2.75, 3.05) is 4.90 Å². The van der Waals surface area contributed by atoms with Crippen molar-refractivity contribution in [3.05, 3.63) is 127 Å². The van der Waals surface area contributed by atoms with Crippen molar-refractivity contribution in [1.82, 2.24) is 9.97 Å². The third kappa shape index (κ3) is 2.79. The number of nitrogens with zero attached hydrogens (tertiary/aromatic N) is 3. The Balaban J connectivity index is 1.49. The Labute approximate surface area is 222 Å². The van der Waals surface area contributed by atoms with Crippen LogP contribution in [0.15, 0.2) is 116 Å². The van der Waals surface area contributed by atoms with Gasteiger partial charge in [-0.1, -0.05) is 74.5 Å². The maximum absolute atomic E-state index is 4.82. The van der Waals surface area contributed by atoms with Gasteiger partial charge < -0.3 is 0 Å². The molecule has 0 saturated heterocycles. The number of rotatable bonds is 2. The summed E-state index contributed by atoms with van der Waals surface area (Å²) < 4.78 is 0. The van der Waals surface area contributed by atoms with Gasteiger partial charge in [0.1, 0.15) is 5.82 Å². The van der Waals surface area contributed by atoms with Crippen LogP contribution in [0.3, 0.4) is 0 Å². The molecule has 0 radical (unpaired) electrons. The molecule has 0 N–H and O–H groups in total. The number of pyridine rings is 2. The lowest BCUT2D eigenvalue weighted by Gasteiger charge is -2.34. The van der Waals surface area contributed by atoms with E-state index < -0.39 is 0 Å². The van der Waals surface area contributed by atoms with Crippen molar-refractivity contribution in [3.63, 3.8) is 0 Å². The van der Waals surface area contributed by atoms with Crippen LogP contribution in [0.2, 0.25) is 0 Å². The molecule has 0 bridgehead atoms. The van der Waals surface area contributed by atoms with E-state index in [1.54, 1.807) is 0 Å². The number of anilines is 3. The molecule has 4 aromatic carbocycles. The van der Waals surface area contributed by atoms with E-state index in [1.165, 1.54) is 49.8 Å². The molecule has 0 fully saturated rings. The van der Waals surface area contributed by atoms with E-state index in [2.05, 4.69) is 115 Å². The average molecular weight is 488 g/mol. The Hall–Kier alpha value is -4.76. The van der Waals surface area contributed by atoms with E-state index in [9.17, 15) is 0 Å². The Morgan fingerprint density at radius 3 is 2.16 bits per heavy atom. The zero-order valence-corrected chi connectivity index (χ0v) is 21.3. The highest BCUT2D eigenvalue weighted by atomic mass is 15.2. The van der Waals surface area contributed by atoms with Crippen molar-refractivity contribution in [2.45, 2.75) is 19.3 Å². The van der Waals surface area contributed by atoms with Gasteiger partial charge >= 0.3 is 0 Å². The molecular formula is C35H25N3. The van der Waals surface area contributed by atoms with Gasteiger partial charge in [-0.25, -0.2) is 4.98 Å². The van der Waals surface area contributed by atoms with E-state index >= 15 is 0 Å². The van der Waals surface area contributed by atoms with Crippen LogP contribution in [0.4, 0.5) is 17.2 Å². The zero-order chi connectivity index (χ0) is 25.4. The Morgan fingerprint density at radius 2 is 1.34 bits per heavy atom.